The van der Waals surface area contributed by atoms with E-state index < -0.39 is 17.5 Å². The van der Waals surface area contributed by atoms with E-state index in [9.17, 15) is 15.0 Å². The van der Waals surface area contributed by atoms with Crippen LogP contribution in [0, 0.1) is 5.41 Å². The first kappa shape index (κ1) is 16.8. The second-order valence-corrected chi connectivity index (χ2v) is 5.72. The van der Waals surface area contributed by atoms with Gasteiger partial charge in [-0.15, -0.1) is 0 Å². The number of carbonyl (C=O) groups excluding carboxylic acids is 1. The fraction of sp³-hybridized carbons (Fsp3) is 0.562. The van der Waals surface area contributed by atoms with Crippen LogP contribution in [-0.4, -0.2) is 28.1 Å². The van der Waals surface area contributed by atoms with Gasteiger partial charge in [0.1, 0.15) is 5.78 Å². The second-order valence-electron chi connectivity index (χ2n) is 5.72. The summed E-state index contributed by atoms with van der Waals surface area (Å²) in [5.41, 5.74) is 0.922. The lowest BCUT2D eigenvalue weighted by Crippen LogP contribution is -2.45. The lowest BCUT2D eigenvalue weighted by atomic mass is 9.80. The Labute approximate surface area is 120 Å². The van der Waals surface area contributed by atoms with Crippen LogP contribution in [0.2, 0.25) is 0 Å². The molecule has 2 N–H and O–H groups in total. The van der Waals surface area contributed by atoms with Crippen LogP contribution in [-0.2, 0) is 9.53 Å². The molecule has 0 heterocycles. The van der Waals surface area contributed by atoms with Crippen molar-refractivity contribution in [3.8, 4) is 0 Å². The number of hydrogen-bond acceptors (Lipinski definition) is 4. The molecule has 20 heavy (non-hydrogen) atoms. The smallest absolute Gasteiger partial charge is 0.171 e. The third-order valence-corrected chi connectivity index (χ3v) is 3.67. The molecule has 4 nitrogen and oxygen atoms in total. The van der Waals surface area contributed by atoms with Crippen LogP contribution in [0.5, 0.6) is 0 Å². The number of Topliss-reactive ketones (excluding diaryl/α,β-unsaturated/α-hetero) is 1. The highest BCUT2D eigenvalue weighted by molar-refractivity contribution is 5.85. The van der Waals surface area contributed by atoms with Crippen molar-refractivity contribution in [2.24, 2.45) is 5.41 Å². The zero-order valence-corrected chi connectivity index (χ0v) is 12.6. The van der Waals surface area contributed by atoms with E-state index in [1.807, 2.05) is 19.1 Å². The van der Waals surface area contributed by atoms with Crippen molar-refractivity contribution in [1.82, 2.24) is 0 Å². The molecule has 0 radical (unpaired) electrons. The first-order chi connectivity index (χ1) is 9.16. The van der Waals surface area contributed by atoms with Gasteiger partial charge in [-0.1, -0.05) is 24.8 Å². The first-order valence-corrected chi connectivity index (χ1v) is 6.72. The fourth-order valence-corrected chi connectivity index (χ4v) is 2.55. The topological polar surface area (TPSA) is 66.8 Å². The van der Waals surface area contributed by atoms with Crippen molar-refractivity contribution in [3.05, 3.63) is 36.0 Å². The zero-order chi connectivity index (χ0) is 15.6. The van der Waals surface area contributed by atoms with E-state index in [0.717, 1.165) is 11.1 Å². The summed E-state index contributed by atoms with van der Waals surface area (Å²) in [6, 6.07) is 0. The van der Waals surface area contributed by atoms with Gasteiger partial charge in [0.05, 0.1) is 5.41 Å². The summed E-state index contributed by atoms with van der Waals surface area (Å²) >= 11 is 0. The summed E-state index contributed by atoms with van der Waals surface area (Å²) in [5, 5.41) is 20.0. The molecular weight excluding hydrogens is 256 g/mol. The Morgan fingerprint density at radius 1 is 1.45 bits per heavy atom. The number of aliphatic hydroxyl groups is 2. The Morgan fingerprint density at radius 3 is 2.40 bits per heavy atom. The largest absolute Gasteiger partial charge is 0.367 e. The van der Waals surface area contributed by atoms with Gasteiger partial charge in [-0.05, 0) is 51.7 Å². The van der Waals surface area contributed by atoms with Crippen LogP contribution in [0.1, 0.15) is 40.5 Å². The normalized spacial score (nSPS) is 28.9. The van der Waals surface area contributed by atoms with Gasteiger partial charge in [0.25, 0.3) is 0 Å². The molecule has 2 atom stereocenters. The van der Waals surface area contributed by atoms with Crippen LogP contribution in [0.3, 0.4) is 0 Å². The standard InChI is InChI=1S/C16H24O4/c1-6-8-13-10-16(11(3)17,9-12(13)7-2)14(18)20-15(4,5)19/h6-8,14,18-19H,1,9-10H2,2-5H3/b12-7-,13-8-. The van der Waals surface area contributed by atoms with Crippen LogP contribution < -0.4 is 0 Å². The Kier molecular flexibility index (Phi) is 5.08. The van der Waals surface area contributed by atoms with E-state index >= 15 is 0 Å². The number of rotatable bonds is 5. The third-order valence-electron chi connectivity index (χ3n) is 3.67. The number of allylic oxidation sites excluding steroid dienone is 5. The van der Waals surface area contributed by atoms with Gasteiger partial charge in [0.2, 0.25) is 0 Å². The molecule has 4 heteroatoms. The predicted octanol–water partition coefficient (Wildman–Crippen LogP) is 2.48. The van der Waals surface area contributed by atoms with Crippen molar-refractivity contribution in [3.63, 3.8) is 0 Å². The molecule has 1 aliphatic carbocycles. The van der Waals surface area contributed by atoms with E-state index in [1.165, 1.54) is 20.8 Å². The van der Waals surface area contributed by atoms with Crippen LogP contribution in [0.25, 0.3) is 0 Å². The summed E-state index contributed by atoms with van der Waals surface area (Å²) in [7, 11) is 0. The van der Waals surface area contributed by atoms with Gasteiger partial charge in [-0.2, -0.15) is 0 Å². The highest BCUT2D eigenvalue weighted by atomic mass is 16.7. The molecular formula is C16H24O4. The van der Waals surface area contributed by atoms with Crippen molar-refractivity contribution in [2.75, 3.05) is 0 Å². The van der Waals surface area contributed by atoms with Gasteiger partial charge in [-0.3, -0.25) is 4.79 Å². The monoisotopic (exact) mass is 280 g/mol. The summed E-state index contributed by atoms with van der Waals surface area (Å²) in [6.45, 7) is 9.86. The quantitative estimate of drug-likeness (QED) is 0.759. The second kappa shape index (κ2) is 6.04. The molecule has 0 spiro atoms. The number of aliphatic hydroxyl groups excluding tert-OH is 1. The molecule has 1 saturated carbocycles. The van der Waals surface area contributed by atoms with Crippen LogP contribution in [0.4, 0.5) is 0 Å². The minimum absolute atomic E-state index is 0.152. The van der Waals surface area contributed by atoms with Gasteiger partial charge >= 0.3 is 0 Å². The number of ketones is 1. The predicted molar refractivity (Wildman–Crippen MR) is 77.8 cm³/mol. The maximum atomic E-state index is 12.1. The van der Waals surface area contributed by atoms with Crippen molar-refractivity contribution < 1.29 is 19.7 Å². The Morgan fingerprint density at radius 2 is 2.00 bits per heavy atom. The van der Waals surface area contributed by atoms with Gasteiger partial charge in [0.15, 0.2) is 12.1 Å². The molecule has 0 aromatic heterocycles. The minimum atomic E-state index is -1.50. The average molecular weight is 280 g/mol. The molecule has 0 aromatic carbocycles. The lowest BCUT2D eigenvalue weighted by molar-refractivity contribution is -0.287. The Hall–Kier alpha value is -1.23. The van der Waals surface area contributed by atoms with E-state index in [0.29, 0.717) is 12.8 Å². The molecule has 1 aliphatic rings. The van der Waals surface area contributed by atoms with Gasteiger partial charge in [0, 0.05) is 0 Å². The lowest BCUT2D eigenvalue weighted by Gasteiger charge is -2.34. The van der Waals surface area contributed by atoms with Gasteiger partial charge in [-0.25, -0.2) is 0 Å². The highest BCUT2D eigenvalue weighted by Gasteiger charge is 2.50. The molecule has 0 amide bonds. The summed E-state index contributed by atoms with van der Waals surface area (Å²) < 4.78 is 5.22. The summed E-state index contributed by atoms with van der Waals surface area (Å²) in [6.07, 6.45) is 4.86. The van der Waals surface area contributed by atoms with Crippen molar-refractivity contribution in [1.29, 1.82) is 0 Å². The minimum Gasteiger partial charge on any atom is -0.367 e. The Balaban J connectivity index is 3.16. The average Bonchev–Trinajstić information content (AvgIpc) is 2.67. The van der Waals surface area contributed by atoms with Crippen molar-refractivity contribution >= 4 is 5.78 Å². The van der Waals surface area contributed by atoms with E-state index in [1.54, 1.807) is 6.08 Å². The fourth-order valence-electron chi connectivity index (χ4n) is 2.55. The number of carbonyl (C=O) groups is 1. The molecule has 1 fully saturated rings. The number of ether oxygens (including phenoxy) is 1. The molecule has 2 unspecified atom stereocenters. The molecule has 112 valence electrons. The van der Waals surface area contributed by atoms with Crippen LogP contribution >= 0.6 is 0 Å². The molecule has 0 aromatic rings. The molecule has 0 bridgehead atoms. The van der Waals surface area contributed by atoms with E-state index in [-0.39, 0.29) is 5.78 Å². The van der Waals surface area contributed by atoms with Crippen LogP contribution in [0.15, 0.2) is 36.0 Å². The maximum Gasteiger partial charge on any atom is 0.171 e. The molecule has 0 aliphatic heterocycles. The SMILES string of the molecule is C=C/C=C1/CC(C(C)=O)(C(O)OC(C)(C)O)C/C1=C/C. The third kappa shape index (κ3) is 3.45. The molecule has 1 rings (SSSR count). The zero-order valence-electron chi connectivity index (χ0n) is 12.6. The van der Waals surface area contributed by atoms with Crippen molar-refractivity contribution in [2.45, 2.75) is 52.6 Å². The number of hydrogen-bond donors (Lipinski definition) is 2. The maximum absolute atomic E-state index is 12.1. The summed E-state index contributed by atoms with van der Waals surface area (Å²) in [4.78, 5) is 12.1. The first-order valence-electron chi connectivity index (χ1n) is 6.72. The van der Waals surface area contributed by atoms with E-state index in [4.69, 9.17) is 4.74 Å². The summed E-state index contributed by atoms with van der Waals surface area (Å²) in [5.74, 6) is -1.65. The van der Waals surface area contributed by atoms with E-state index in [2.05, 4.69) is 6.58 Å². The Bertz CT molecular complexity index is 454. The molecule has 0 saturated heterocycles. The highest BCUT2D eigenvalue weighted by Crippen LogP contribution is 2.48. The van der Waals surface area contributed by atoms with Gasteiger partial charge < -0.3 is 14.9 Å².